The first-order chi connectivity index (χ1) is 7.71. The minimum Gasteiger partial charge on any atom is -0.288 e. The van der Waals surface area contributed by atoms with Crippen LogP contribution in [0.1, 0.15) is 27.2 Å². The molecule has 0 heterocycles. The molecule has 0 N–H and O–H groups in total. The summed E-state index contributed by atoms with van der Waals surface area (Å²) in [6, 6.07) is 0. The molecule has 5 heteroatoms. The van der Waals surface area contributed by atoms with Crippen LogP contribution in [0.3, 0.4) is 0 Å². The molecule has 0 spiro atoms. The van der Waals surface area contributed by atoms with Crippen molar-refractivity contribution in [3.05, 3.63) is 22.8 Å². The predicted octanol–water partition coefficient (Wildman–Crippen LogP) is 4.11. The maximum atomic E-state index is 12.7. The van der Waals surface area contributed by atoms with Crippen molar-refractivity contribution in [3.63, 3.8) is 0 Å². The highest BCUT2D eigenvalue weighted by atomic mass is 32.2. The Bertz CT molecular complexity index is 380. The van der Waals surface area contributed by atoms with Crippen LogP contribution in [0.2, 0.25) is 0 Å². The lowest BCUT2D eigenvalue weighted by molar-refractivity contribution is -0.109. The maximum absolute atomic E-state index is 12.7. The van der Waals surface area contributed by atoms with Gasteiger partial charge in [-0.3, -0.25) is 4.79 Å². The molecule has 0 aromatic carbocycles. The number of carbonyl (C=O) groups is 1. The van der Waals surface area contributed by atoms with Gasteiger partial charge in [0.15, 0.2) is 5.12 Å². The molecule has 0 saturated heterocycles. The Morgan fingerprint density at radius 1 is 1.53 bits per heavy atom. The van der Waals surface area contributed by atoms with E-state index >= 15 is 0 Å². The molecule has 0 aliphatic heterocycles. The van der Waals surface area contributed by atoms with Crippen LogP contribution in [-0.2, 0) is 4.79 Å². The van der Waals surface area contributed by atoms with E-state index in [1.807, 2.05) is 0 Å². The molecule has 0 amide bonds. The van der Waals surface area contributed by atoms with Crippen molar-refractivity contribution >= 4 is 16.9 Å². The van der Waals surface area contributed by atoms with Gasteiger partial charge in [0, 0.05) is 18.2 Å². The number of rotatable bonds is 2. The number of thioether (sulfide) groups is 1. The monoisotopic (exact) mass is 264 g/mol. The molecule has 96 valence electrons. The second-order valence-electron chi connectivity index (χ2n) is 4.26. The Labute approximate surface area is 103 Å². The first-order valence-corrected chi connectivity index (χ1v) is 6.31. The lowest BCUT2D eigenvalue weighted by Gasteiger charge is -2.25. The Kier molecular flexibility index (Phi) is 4.47. The van der Waals surface area contributed by atoms with Crippen molar-refractivity contribution in [1.82, 2.24) is 0 Å². The summed E-state index contributed by atoms with van der Waals surface area (Å²) < 4.78 is 38.0. The Balaban J connectivity index is 2.89. The molecule has 1 unspecified atom stereocenters. The summed E-state index contributed by atoms with van der Waals surface area (Å²) in [4.78, 5) is 10.8. The van der Waals surface area contributed by atoms with Crippen molar-refractivity contribution in [2.24, 2.45) is 5.92 Å². The number of halogens is 3. The zero-order valence-electron chi connectivity index (χ0n) is 10.0. The Hall–Kier alpha value is -0.710. The fourth-order valence-corrected chi connectivity index (χ4v) is 2.55. The fraction of sp³-hybridized carbons (Fsp3) is 0.583. The number of hydrogen-bond donors (Lipinski definition) is 0. The highest BCUT2D eigenvalue weighted by Gasteiger charge is 2.37. The minimum absolute atomic E-state index is 0.0126. The van der Waals surface area contributed by atoms with E-state index in [9.17, 15) is 18.0 Å². The minimum atomic E-state index is -4.24. The summed E-state index contributed by atoms with van der Waals surface area (Å²) in [6.07, 6.45) is -2.65. The number of hydrogen-bond acceptors (Lipinski definition) is 2. The van der Waals surface area contributed by atoms with Gasteiger partial charge in [-0.2, -0.15) is 13.2 Å². The Morgan fingerprint density at radius 3 is 2.59 bits per heavy atom. The molecule has 0 radical (unpaired) electrons. The molecule has 0 bridgehead atoms. The smallest absolute Gasteiger partial charge is 0.288 e. The van der Waals surface area contributed by atoms with Crippen LogP contribution in [0.25, 0.3) is 0 Å². The van der Waals surface area contributed by atoms with Crippen LogP contribution < -0.4 is 0 Å². The lowest BCUT2D eigenvalue weighted by atomic mass is 9.85. The summed E-state index contributed by atoms with van der Waals surface area (Å²) in [7, 11) is 0. The second kappa shape index (κ2) is 5.29. The molecule has 1 aliphatic carbocycles. The van der Waals surface area contributed by atoms with Gasteiger partial charge in [0.1, 0.15) is 0 Å². The SMILES string of the molecule is CC(=O)SCC1=CC(C)=C(C(F)(F)F)CC1C. The van der Waals surface area contributed by atoms with Crippen LogP contribution in [0.5, 0.6) is 0 Å². The van der Waals surface area contributed by atoms with Gasteiger partial charge in [0.25, 0.3) is 0 Å². The molecule has 0 aromatic rings. The van der Waals surface area contributed by atoms with Gasteiger partial charge in [-0.05, 0) is 24.8 Å². The van der Waals surface area contributed by atoms with Gasteiger partial charge >= 0.3 is 6.18 Å². The van der Waals surface area contributed by atoms with E-state index in [0.717, 1.165) is 17.3 Å². The molecule has 0 aromatic heterocycles. The second-order valence-corrected chi connectivity index (χ2v) is 5.42. The van der Waals surface area contributed by atoms with Gasteiger partial charge < -0.3 is 0 Å². The number of carbonyl (C=O) groups excluding carboxylic acids is 1. The van der Waals surface area contributed by atoms with E-state index in [-0.39, 0.29) is 23.0 Å². The normalized spacial score (nSPS) is 21.5. The average Bonchev–Trinajstić information content (AvgIpc) is 2.17. The third-order valence-electron chi connectivity index (χ3n) is 2.81. The zero-order valence-corrected chi connectivity index (χ0v) is 10.8. The van der Waals surface area contributed by atoms with E-state index in [2.05, 4.69) is 0 Å². The maximum Gasteiger partial charge on any atom is 0.412 e. The number of allylic oxidation sites excluding steroid dienone is 3. The largest absolute Gasteiger partial charge is 0.412 e. The van der Waals surface area contributed by atoms with Crippen LogP contribution >= 0.6 is 11.8 Å². The van der Waals surface area contributed by atoms with Crippen molar-refractivity contribution in [1.29, 1.82) is 0 Å². The molecule has 1 atom stereocenters. The molecule has 0 fully saturated rings. The third kappa shape index (κ3) is 3.91. The van der Waals surface area contributed by atoms with E-state index in [1.165, 1.54) is 13.8 Å². The molecule has 1 rings (SSSR count). The van der Waals surface area contributed by atoms with E-state index in [4.69, 9.17) is 0 Å². The molecule has 1 aliphatic rings. The highest BCUT2D eigenvalue weighted by Crippen LogP contribution is 2.39. The third-order valence-corrected chi connectivity index (χ3v) is 3.69. The van der Waals surface area contributed by atoms with Crippen LogP contribution in [0.4, 0.5) is 13.2 Å². The summed E-state index contributed by atoms with van der Waals surface area (Å²) in [6.45, 7) is 4.71. The van der Waals surface area contributed by atoms with Crippen LogP contribution in [-0.4, -0.2) is 17.0 Å². The summed E-state index contributed by atoms with van der Waals surface area (Å²) >= 11 is 1.14. The van der Waals surface area contributed by atoms with Crippen molar-refractivity contribution < 1.29 is 18.0 Å². The first kappa shape index (κ1) is 14.4. The first-order valence-electron chi connectivity index (χ1n) is 5.32. The standard InChI is InChI=1S/C12H15F3OS/c1-7-5-11(12(13,14)15)8(2)4-10(7)6-17-9(3)16/h4,7H,5-6H2,1-3H3. The van der Waals surface area contributed by atoms with Gasteiger partial charge in [-0.1, -0.05) is 30.3 Å². The van der Waals surface area contributed by atoms with E-state index in [0.29, 0.717) is 5.75 Å². The Morgan fingerprint density at radius 2 is 2.12 bits per heavy atom. The topological polar surface area (TPSA) is 17.1 Å². The van der Waals surface area contributed by atoms with Crippen molar-refractivity contribution in [3.8, 4) is 0 Å². The summed E-state index contributed by atoms with van der Waals surface area (Å²) in [5.74, 6) is 0.334. The van der Waals surface area contributed by atoms with E-state index < -0.39 is 11.7 Å². The van der Waals surface area contributed by atoms with Crippen molar-refractivity contribution in [2.75, 3.05) is 5.75 Å². The molecule has 0 saturated carbocycles. The average molecular weight is 264 g/mol. The van der Waals surface area contributed by atoms with Gasteiger partial charge in [0.05, 0.1) is 0 Å². The summed E-state index contributed by atoms with van der Waals surface area (Å²) in [5, 5.41) is -0.0126. The molecular weight excluding hydrogens is 249 g/mol. The number of alkyl halides is 3. The van der Waals surface area contributed by atoms with E-state index in [1.54, 1.807) is 13.0 Å². The zero-order chi connectivity index (χ0) is 13.2. The van der Waals surface area contributed by atoms with Gasteiger partial charge in [0.2, 0.25) is 0 Å². The molecule has 1 nitrogen and oxygen atoms in total. The lowest BCUT2D eigenvalue weighted by Crippen LogP contribution is -2.20. The van der Waals surface area contributed by atoms with Gasteiger partial charge in [-0.25, -0.2) is 0 Å². The highest BCUT2D eigenvalue weighted by molar-refractivity contribution is 8.13. The van der Waals surface area contributed by atoms with Crippen molar-refractivity contribution in [2.45, 2.75) is 33.4 Å². The quantitative estimate of drug-likeness (QED) is 0.746. The fourth-order valence-electron chi connectivity index (χ4n) is 1.81. The van der Waals surface area contributed by atoms with Crippen LogP contribution in [0.15, 0.2) is 22.8 Å². The molecule has 17 heavy (non-hydrogen) atoms. The van der Waals surface area contributed by atoms with Crippen LogP contribution in [0, 0.1) is 5.92 Å². The predicted molar refractivity (Wildman–Crippen MR) is 63.8 cm³/mol. The van der Waals surface area contributed by atoms with Gasteiger partial charge in [-0.15, -0.1) is 0 Å². The summed E-state index contributed by atoms with van der Waals surface area (Å²) in [5.41, 5.74) is 0.743. The molecular formula is C12H15F3OS.